The predicted octanol–water partition coefficient (Wildman–Crippen LogP) is 2.53. The molecule has 1 aliphatic heterocycles. The van der Waals surface area contributed by atoms with E-state index in [4.69, 9.17) is 0 Å². The van der Waals surface area contributed by atoms with Crippen molar-refractivity contribution in [2.45, 2.75) is 45.1 Å². The summed E-state index contributed by atoms with van der Waals surface area (Å²) in [5.41, 5.74) is 2.77. The second-order valence-electron chi connectivity index (χ2n) is 5.92. The lowest BCUT2D eigenvalue weighted by molar-refractivity contribution is 0.316. The highest BCUT2D eigenvalue weighted by Crippen LogP contribution is 2.32. The summed E-state index contributed by atoms with van der Waals surface area (Å²) in [6.45, 7) is 7.61. The van der Waals surface area contributed by atoms with E-state index in [2.05, 4.69) is 45.3 Å². The Balaban J connectivity index is 1.73. The zero-order valence-corrected chi connectivity index (χ0v) is 13.0. The first-order chi connectivity index (χ1) is 9.67. The molecule has 20 heavy (non-hydrogen) atoms. The Morgan fingerprint density at radius 2 is 2.20 bits per heavy atom. The van der Waals surface area contributed by atoms with Crippen molar-refractivity contribution < 1.29 is 0 Å². The molecule has 2 aromatic rings. The van der Waals surface area contributed by atoms with E-state index in [-0.39, 0.29) is 5.41 Å². The van der Waals surface area contributed by atoms with Gasteiger partial charge in [-0.05, 0) is 32.9 Å². The van der Waals surface area contributed by atoms with Gasteiger partial charge in [-0.1, -0.05) is 6.92 Å². The zero-order valence-electron chi connectivity index (χ0n) is 12.2. The van der Waals surface area contributed by atoms with Gasteiger partial charge in [-0.3, -0.25) is 0 Å². The van der Waals surface area contributed by atoms with Crippen LogP contribution in [0.25, 0.3) is 0 Å². The van der Waals surface area contributed by atoms with Crippen LogP contribution < -0.4 is 5.32 Å². The predicted molar refractivity (Wildman–Crippen MR) is 82.2 cm³/mol. The van der Waals surface area contributed by atoms with E-state index >= 15 is 0 Å². The molecule has 1 N–H and O–H groups in total. The second-order valence-corrected chi connectivity index (χ2v) is 6.86. The standard InChI is InChI=1S/C15H22N4S/c1-12-10-20-14(18-12)3-8-19-11-17-9-13(19)15(2)4-6-16-7-5-15/h9-11,16H,3-8H2,1-2H3. The van der Waals surface area contributed by atoms with Crippen LogP contribution in [-0.2, 0) is 18.4 Å². The van der Waals surface area contributed by atoms with Gasteiger partial charge in [0.25, 0.3) is 0 Å². The van der Waals surface area contributed by atoms with Gasteiger partial charge in [0.05, 0.1) is 11.3 Å². The fraction of sp³-hybridized carbons (Fsp3) is 0.600. The van der Waals surface area contributed by atoms with Gasteiger partial charge in [-0.25, -0.2) is 9.97 Å². The van der Waals surface area contributed by atoms with Gasteiger partial charge in [0.2, 0.25) is 0 Å². The summed E-state index contributed by atoms with van der Waals surface area (Å²) in [5, 5.41) is 6.79. The Bertz CT molecular complexity index is 566. The van der Waals surface area contributed by atoms with Gasteiger partial charge in [-0.15, -0.1) is 11.3 Å². The Morgan fingerprint density at radius 1 is 1.40 bits per heavy atom. The molecule has 0 amide bonds. The lowest BCUT2D eigenvalue weighted by Crippen LogP contribution is -2.39. The average molecular weight is 290 g/mol. The molecule has 0 saturated carbocycles. The summed E-state index contributed by atoms with van der Waals surface area (Å²) in [7, 11) is 0. The molecule has 0 bridgehead atoms. The number of aromatic nitrogens is 3. The number of hydrogen-bond donors (Lipinski definition) is 1. The monoisotopic (exact) mass is 290 g/mol. The van der Waals surface area contributed by atoms with Crippen molar-refractivity contribution in [3.63, 3.8) is 0 Å². The average Bonchev–Trinajstić information content (AvgIpc) is 3.06. The van der Waals surface area contributed by atoms with E-state index in [0.29, 0.717) is 0 Å². The normalized spacial score (nSPS) is 18.3. The summed E-state index contributed by atoms with van der Waals surface area (Å²) >= 11 is 1.76. The number of imidazole rings is 1. The summed E-state index contributed by atoms with van der Waals surface area (Å²) in [6, 6.07) is 0. The third kappa shape index (κ3) is 2.79. The van der Waals surface area contributed by atoms with Crippen molar-refractivity contribution in [2.24, 2.45) is 0 Å². The van der Waals surface area contributed by atoms with E-state index in [1.807, 2.05) is 6.33 Å². The Labute approximate surface area is 124 Å². The molecule has 3 heterocycles. The fourth-order valence-electron chi connectivity index (χ4n) is 2.97. The van der Waals surface area contributed by atoms with Gasteiger partial charge in [-0.2, -0.15) is 0 Å². The van der Waals surface area contributed by atoms with Crippen LogP contribution >= 0.6 is 11.3 Å². The number of nitrogens with one attached hydrogen (secondary N) is 1. The summed E-state index contributed by atoms with van der Waals surface area (Å²) in [4.78, 5) is 8.93. The highest BCUT2D eigenvalue weighted by Gasteiger charge is 2.31. The first-order valence-electron chi connectivity index (χ1n) is 7.30. The fourth-order valence-corrected chi connectivity index (χ4v) is 3.73. The van der Waals surface area contributed by atoms with Crippen molar-refractivity contribution in [2.75, 3.05) is 13.1 Å². The molecule has 0 aromatic carbocycles. The third-order valence-electron chi connectivity index (χ3n) is 4.27. The molecule has 4 nitrogen and oxygen atoms in total. The maximum Gasteiger partial charge on any atom is 0.0948 e. The summed E-state index contributed by atoms with van der Waals surface area (Å²) in [6.07, 6.45) is 7.40. The lowest BCUT2D eigenvalue weighted by Gasteiger charge is -2.34. The molecule has 108 valence electrons. The van der Waals surface area contributed by atoms with Crippen molar-refractivity contribution in [3.8, 4) is 0 Å². The highest BCUT2D eigenvalue weighted by atomic mass is 32.1. The maximum atomic E-state index is 4.54. The van der Waals surface area contributed by atoms with Crippen LogP contribution in [0.1, 0.15) is 36.2 Å². The Kier molecular flexibility index (Phi) is 3.89. The van der Waals surface area contributed by atoms with E-state index in [1.54, 1.807) is 11.3 Å². The van der Waals surface area contributed by atoms with Gasteiger partial charge < -0.3 is 9.88 Å². The van der Waals surface area contributed by atoms with Crippen LogP contribution in [0.15, 0.2) is 17.9 Å². The van der Waals surface area contributed by atoms with Crippen molar-refractivity contribution in [1.82, 2.24) is 19.9 Å². The first-order valence-corrected chi connectivity index (χ1v) is 8.18. The third-order valence-corrected chi connectivity index (χ3v) is 5.30. The number of rotatable bonds is 4. The molecular weight excluding hydrogens is 268 g/mol. The number of aryl methyl sites for hydroxylation is 3. The first kappa shape index (κ1) is 13.8. The number of nitrogens with zero attached hydrogens (tertiary/aromatic N) is 3. The topological polar surface area (TPSA) is 42.7 Å². The van der Waals surface area contributed by atoms with Crippen molar-refractivity contribution >= 4 is 11.3 Å². The SMILES string of the molecule is Cc1csc(CCn2cncc2C2(C)CCNCC2)n1. The van der Waals surface area contributed by atoms with Crippen LogP contribution in [-0.4, -0.2) is 27.6 Å². The van der Waals surface area contributed by atoms with Crippen LogP contribution in [0.2, 0.25) is 0 Å². The van der Waals surface area contributed by atoms with E-state index in [9.17, 15) is 0 Å². The van der Waals surface area contributed by atoms with E-state index in [0.717, 1.165) is 31.7 Å². The second kappa shape index (κ2) is 5.66. The highest BCUT2D eigenvalue weighted by molar-refractivity contribution is 7.09. The molecule has 0 radical (unpaired) electrons. The molecule has 1 saturated heterocycles. The largest absolute Gasteiger partial charge is 0.334 e. The molecule has 0 atom stereocenters. The van der Waals surface area contributed by atoms with Crippen molar-refractivity contribution in [1.29, 1.82) is 0 Å². The lowest BCUT2D eigenvalue weighted by atomic mass is 9.78. The molecule has 1 fully saturated rings. The van der Waals surface area contributed by atoms with Gasteiger partial charge >= 0.3 is 0 Å². The van der Waals surface area contributed by atoms with Gasteiger partial charge in [0.15, 0.2) is 0 Å². The Morgan fingerprint density at radius 3 is 2.90 bits per heavy atom. The van der Waals surface area contributed by atoms with Crippen LogP contribution in [0, 0.1) is 6.92 Å². The van der Waals surface area contributed by atoms with E-state index in [1.165, 1.54) is 23.5 Å². The molecule has 5 heteroatoms. The molecule has 0 spiro atoms. The Hall–Kier alpha value is -1.20. The van der Waals surface area contributed by atoms with Crippen LogP contribution in [0.4, 0.5) is 0 Å². The number of thiazole rings is 1. The molecular formula is C15H22N4S. The molecule has 0 unspecified atom stereocenters. The van der Waals surface area contributed by atoms with E-state index < -0.39 is 0 Å². The van der Waals surface area contributed by atoms with Crippen LogP contribution in [0.3, 0.4) is 0 Å². The molecule has 0 aliphatic carbocycles. The number of hydrogen-bond acceptors (Lipinski definition) is 4. The molecule has 3 rings (SSSR count). The minimum atomic E-state index is 0.264. The van der Waals surface area contributed by atoms with Gasteiger partial charge in [0, 0.05) is 41.3 Å². The molecule has 2 aromatic heterocycles. The summed E-state index contributed by atoms with van der Waals surface area (Å²) in [5.74, 6) is 0. The van der Waals surface area contributed by atoms with Crippen molar-refractivity contribution in [3.05, 3.63) is 34.3 Å². The van der Waals surface area contributed by atoms with Crippen LogP contribution in [0.5, 0.6) is 0 Å². The zero-order chi connectivity index (χ0) is 14.0. The van der Waals surface area contributed by atoms with Gasteiger partial charge in [0.1, 0.15) is 0 Å². The smallest absolute Gasteiger partial charge is 0.0948 e. The minimum absolute atomic E-state index is 0.264. The summed E-state index contributed by atoms with van der Waals surface area (Å²) < 4.78 is 2.32. The number of piperidine rings is 1. The quantitative estimate of drug-likeness (QED) is 0.941. The maximum absolute atomic E-state index is 4.54. The minimum Gasteiger partial charge on any atom is -0.334 e. The molecule has 1 aliphatic rings.